The highest BCUT2D eigenvalue weighted by atomic mass is 16.3. The third-order valence-corrected chi connectivity index (χ3v) is 6.11. The standard InChI is InChI=1S/C22H31N5O2/c1-16(2)27-14-18(28)13-19(27)22-24-23-20-15-25(11-12-26(20)22)21(29)10-6-9-17-7-4-3-5-8-17/h3-5,7-8,16,18-19,28H,6,9-15H2,1-2H3/t18-,19-/m0/s1. The molecule has 2 atom stereocenters. The Bertz CT molecular complexity index is 835. The Hall–Kier alpha value is -2.25. The highest BCUT2D eigenvalue weighted by Gasteiger charge is 2.38. The van der Waals surface area contributed by atoms with Gasteiger partial charge in [-0.15, -0.1) is 10.2 Å². The third-order valence-electron chi connectivity index (χ3n) is 6.11. The van der Waals surface area contributed by atoms with Crippen LogP contribution in [0.1, 0.15) is 56.4 Å². The maximum Gasteiger partial charge on any atom is 0.223 e. The molecule has 0 bridgehead atoms. The number of nitrogens with zero attached hydrogens (tertiary/aromatic N) is 5. The van der Waals surface area contributed by atoms with Crippen molar-refractivity contribution >= 4 is 5.91 Å². The fourth-order valence-corrected chi connectivity index (χ4v) is 4.55. The van der Waals surface area contributed by atoms with Gasteiger partial charge in [-0.25, -0.2) is 0 Å². The summed E-state index contributed by atoms with van der Waals surface area (Å²) in [6, 6.07) is 10.7. The number of hydrogen-bond acceptors (Lipinski definition) is 5. The molecule has 1 aromatic carbocycles. The predicted molar refractivity (Wildman–Crippen MR) is 110 cm³/mol. The number of aliphatic hydroxyl groups excluding tert-OH is 1. The number of aryl methyl sites for hydroxylation is 1. The van der Waals surface area contributed by atoms with Crippen molar-refractivity contribution in [1.29, 1.82) is 0 Å². The van der Waals surface area contributed by atoms with Crippen LogP contribution in [0.4, 0.5) is 0 Å². The molecule has 4 rings (SSSR count). The van der Waals surface area contributed by atoms with Gasteiger partial charge in [0.1, 0.15) is 0 Å². The summed E-state index contributed by atoms with van der Waals surface area (Å²) < 4.78 is 2.16. The Labute approximate surface area is 172 Å². The van der Waals surface area contributed by atoms with Gasteiger partial charge in [-0.2, -0.15) is 0 Å². The molecule has 2 aliphatic rings. The van der Waals surface area contributed by atoms with E-state index in [0.717, 1.165) is 31.0 Å². The van der Waals surface area contributed by atoms with E-state index in [9.17, 15) is 9.90 Å². The number of likely N-dealkylation sites (tertiary alicyclic amines) is 1. The number of amides is 1. The van der Waals surface area contributed by atoms with Crippen molar-refractivity contribution in [3.05, 3.63) is 47.5 Å². The van der Waals surface area contributed by atoms with Gasteiger partial charge in [-0.1, -0.05) is 30.3 Å². The molecule has 7 nitrogen and oxygen atoms in total. The molecule has 0 unspecified atom stereocenters. The summed E-state index contributed by atoms with van der Waals surface area (Å²) in [4.78, 5) is 16.9. The summed E-state index contributed by atoms with van der Waals surface area (Å²) in [5.74, 6) is 1.98. The average Bonchev–Trinajstić information content (AvgIpc) is 3.31. The second-order valence-electron chi connectivity index (χ2n) is 8.48. The molecular weight excluding hydrogens is 366 g/mol. The fraction of sp³-hybridized carbons (Fsp3) is 0.591. The number of β-amino-alcohol motifs (C(OH)–C–C–N with tert-alkyl or cyclic N) is 1. The van der Waals surface area contributed by atoms with E-state index in [-0.39, 0.29) is 18.1 Å². The van der Waals surface area contributed by atoms with Crippen LogP contribution >= 0.6 is 0 Å². The van der Waals surface area contributed by atoms with E-state index in [1.165, 1.54) is 5.56 Å². The number of aliphatic hydroxyl groups is 1. The van der Waals surface area contributed by atoms with Gasteiger partial charge in [0.25, 0.3) is 0 Å². The van der Waals surface area contributed by atoms with E-state index in [1.54, 1.807) is 0 Å². The number of benzene rings is 1. The first-order valence-electron chi connectivity index (χ1n) is 10.7. The zero-order valence-corrected chi connectivity index (χ0v) is 17.4. The summed E-state index contributed by atoms with van der Waals surface area (Å²) in [6.45, 7) is 6.91. The largest absolute Gasteiger partial charge is 0.392 e. The van der Waals surface area contributed by atoms with E-state index < -0.39 is 0 Å². The molecule has 0 saturated carbocycles. The molecule has 2 aliphatic heterocycles. The van der Waals surface area contributed by atoms with Crippen LogP contribution < -0.4 is 0 Å². The Morgan fingerprint density at radius 1 is 1.21 bits per heavy atom. The van der Waals surface area contributed by atoms with Crippen LogP contribution in [0.25, 0.3) is 0 Å². The van der Waals surface area contributed by atoms with Crippen molar-refractivity contribution in [1.82, 2.24) is 24.6 Å². The second kappa shape index (κ2) is 8.63. The molecule has 2 aromatic rings. The maximum atomic E-state index is 12.7. The van der Waals surface area contributed by atoms with Crippen LogP contribution in [0.15, 0.2) is 30.3 Å². The normalized spacial score (nSPS) is 22.3. The minimum absolute atomic E-state index is 0.0966. The molecule has 1 saturated heterocycles. The number of hydrogen-bond donors (Lipinski definition) is 1. The van der Waals surface area contributed by atoms with Gasteiger partial charge in [-0.3, -0.25) is 9.69 Å². The van der Waals surface area contributed by atoms with E-state index in [1.807, 2.05) is 23.1 Å². The smallest absolute Gasteiger partial charge is 0.223 e. The van der Waals surface area contributed by atoms with Gasteiger partial charge in [0, 0.05) is 32.1 Å². The van der Waals surface area contributed by atoms with Gasteiger partial charge in [0.2, 0.25) is 5.91 Å². The third kappa shape index (κ3) is 4.36. The van der Waals surface area contributed by atoms with Crippen LogP contribution in [0, 0.1) is 0 Å². The van der Waals surface area contributed by atoms with Crippen LogP contribution in [0.2, 0.25) is 0 Å². The lowest BCUT2D eigenvalue weighted by Crippen LogP contribution is -2.39. The van der Waals surface area contributed by atoms with Crippen LogP contribution in [-0.4, -0.2) is 60.8 Å². The van der Waals surface area contributed by atoms with E-state index >= 15 is 0 Å². The van der Waals surface area contributed by atoms with E-state index in [2.05, 4.69) is 45.6 Å². The summed E-state index contributed by atoms with van der Waals surface area (Å²) in [5.41, 5.74) is 1.27. The summed E-state index contributed by atoms with van der Waals surface area (Å²) in [5, 5.41) is 19.0. The molecule has 0 radical (unpaired) electrons. The number of carbonyl (C=O) groups excluding carboxylic acids is 1. The number of fused-ring (bicyclic) bond motifs is 1. The van der Waals surface area contributed by atoms with Crippen molar-refractivity contribution in [2.45, 2.75) is 70.8 Å². The van der Waals surface area contributed by atoms with E-state index in [0.29, 0.717) is 38.5 Å². The lowest BCUT2D eigenvalue weighted by atomic mass is 10.1. The molecule has 1 N–H and O–H groups in total. The molecule has 156 valence electrons. The number of aromatic nitrogens is 3. The predicted octanol–water partition coefficient (Wildman–Crippen LogP) is 2.16. The average molecular weight is 398 g/mol. The molecule has 29 heavy (non-hydrogen) atoms. The molecule has 0 aliphatic carbocycles. The second-order valence-corrected chi connectivity index (χ2v) is 8.48. The first-order chi connectivity index (χ1) is 14.0. The molecule has 1 aromatic heterocycles. The Morgan fingerprint density at radius 3 is 2.76 bits per heavy atom. The highest BCUT2D eigenvalue weighted by Crippen LogP contribution is 2.33. The molecular formula is C22H31N5O2. The van der Waals surface area contributed by atoms with Crippen LogP contribution in [0.5, 0.6) is 0 Å². The Kier molecular flexibility index (Phi) is 5.96. The Morgan fingerprint density at radius 2 is 2.00 bits per heavy atom. The number of rotatable bonds is 6. The van der Waals surface area contributed by atoms with E-state index in [4.69, 9.17) is 0 Å². The zero-order chi connectivity index (χ0) is 20.4. The maximum absolute atomic E-state index is 12.7. The van der Waals surface area contributed by atoms with Crippen LogP contribution in [0.3, 0.4) is 0 Å². The molecule has 1 fully saturated rings. The summed E-state index contributed by atoms with van der Waals surface area (Å²) in [6.07, 6.45) is 2.72. The summed E-state index contributed by atoms with van der Waals surface area (Å²) in [7, 11) is 0. The first-order valence-corrected chi connectivity index (χ1v) is 10.7. The quantitative estimate of drug-likeness (QED) is 0.809. The minimum atomic E-state index is -0.318. The van der Waals surface area contributed by atoms with Gasteiger partial charge in [-0.05, 0) is 38.7 Å². The van der Waals surface area contributed by atoms with Gasteiger partial charge >= 0.3 is 0 Å². The fourth-order valence-electron chi connectivity index (χ4n) is 4.55. The van der Waals surface area contributed by atoms with Crippen molar-refractivity contribution in [2.24, 2.45) is 0 Å². The molecule has 3 heterocycles. The van der Waals surface area contributed by atoms with Crippen molar-refractivity contribution < 1.29 is 9.90 Å². The molecule has 7 heteroatoms. The molecule has 1 amide bonds. The van der Waals surface area contributed by atoms with Gasteiger partial charge < -0.3 is 14.6 Å². The van der Waals surface area contributed by atoms with Crippen molar-refractivity contribution in [3.8, 4) is 0 Å². The lowest BCUT2D eigenvalue weighted by molar-refractivity contribution is -0.132. The van der Waals surface area contributed by atoms with Crippen molar-refractivity contribution in [3.63, 3.8) is 0 Å². The van der Waals surface area contributed by atoms with Crippen molar-refractivity contribution in [2.75, 3.05) is 13.1 Å². The van der Waals surface area contributed by atoms with Gasteiger partial charge in [0.05, 0.1) is 18.7 Å². The summed E-state index contributed by atoms with van der Waals surface area (Å²) >= 11 is 0. The number of carbonyl (C=O) groups is 1. The minimum Gasteiger partial charge on any atom is -0.392 e. The van der Waals surface area contributed by atoms with Gasteiger partial charge in [0.15, 0.2) is 11.6 Å². The monoisotopic (exact) mass is 397 g/mol. The topological polar surface area (TPSA) is 74.5 Å². The van der Waals surface area contributed by atoms with Crippen LogP contribution in [-0.2, 0) is 24.3 Å². The highest BCUT2D eigenvalue weighted by molar-refractivity contribution is 5.76. The lowest BCUT2D eigenvalue weighted by Gasteiger charge is -2.31. The molecule has 0 spiro atoms. The first kappa shape index (κ1) is 20.0. The zero-order valence-electron chi connectivity index (χ0n) is 17.4. The Balaban J connectivity index is 1.36. The SMILES string of the molecule is CC(C)N1C[C@@H](O)C[C@H]1c1nnc2n1CCN(C(=O)CCCc1ccccc1)C2.